The molecule has 0 bridgehead atoms. The molecule has 8 heteroatoms. The average Bonchev–Trinajstić information content (AvgIpc) is 2.73. The number of aryl methyl sites for hydroxylation is 2. The smallest absolute Gasteiger partial charge is 0.315 e. The molecule has 0 aliphatic heterocycles. The molecule has 2 aromatic rings. The van der Waals surface area contributed by atoms with Gasteiger partial charge >= 0.3 is 11.8 Å². The van der Waals surface area contributed by atoms with Gasteiger partial charge in [-0.1, -0.05) is 29.3 Å². The van der Waals surface area contributed by atoms with Crippen molar-refractivity contribution in [3.63, 3.8) is 0 Å². The first kappa shape index (κ1) is 15.8. The summed E-state index contributed by atoms with van der Waals surface area (Å²) in [4.78, 5) is 28.7. The van der Waals surface area contributed by atoms with Gasteiger partial charge in [0.25, 0.3) is 0 Å². The van der Waals surface area contributed by atoms with Crippen molar-refractivity contribution in [1.82, 2.24) is 4.98 Å². The number of thiazole rings is 1. The van der Waals surface area contributed by atoms with E-state index in [4.69, 9.17) is 23.2 Å². The van der Waals surface area contributed by atoms with Crippen LogP contribution in [0.5, 0.6) is 0 Å². The van der Waals surface area contributed by atoms with Crippen molar-refractivity contribution in [3.8, 4) is 0 Å². The fraction of sp³-hybridized carbons (Fsp3) is 0.154. The number of nitrogens with zero attached hydrogens (tertiary/aromatic N) is 1. The number of hydrogen-bond acceptors (Lipinski definition) is 4. The van der Waals surface area contributed by atoms with Gasteiger partial charge < -0.3 is 5.32 Å². The molecule has 0 radical (unpaired) electrons. The van der Waals surface area contributed by atoms with E-state index in [0.717, 1.165) is 10.6 Å². The van der Waals surface area contributed by atoms with E-state index in [1.54, 1.807) is 18.2 Å². The summed E-state index contributed by atoms with van der Waals surface area (Å²) in [6, 6.07) is 4.76. The molecule has 1 heterocycles. The van der Waals surface area contributed by atoms with Crippen LogP contribution in [0, 0.1) is 13.8 Å². The Morgan fingerprint density at radius 2 is 1.81 bits per heavy atom. The van der Waals surface area contributed by atoms with Gasteiger partial charge in [0.15, 0.2) is 5.13 Å². The van der Waals surface area contributed by atoms with Gasteiger partial charge in [-0.15, -0.1) is 11.3 Å². The maximum absolute atomic E-state index is 11.8. The SMILES string of the molecule is Cc1nc(NC(=O)C(=O)Nc2cccc(Cl)c2Cl)sc1C. The summed E-state index contributed by atoms with van der Waals surface area (Å²) >= 11 is 13.1. The third-order valence-corrected chi connectivity index (χ3v) is 4.46. The van der Waals surface area contributed by atoms with Gasteiger partial charge in [-0.2, -0.15) is 0 Å². The van der Waals surface area contributed by atoms with Crippen molar-refractivity contribution in [2.45, 2.75) is 13.8 Å². The van der Waals surface area contributed by atoms with Crippen molar-refractivity contribution in [2.75, 3.05) is 10.6 Å². The lowest BCUT2D eigenvalue weighted by atomic mass is 10.3. The average molecular weight is 344 g/mol. The second kappa shape index (κ2) is 6.43. The number of rotatable bonds is 2. The Hall–Kier alpha value is -1.63. The second-order valence-electron chi connectivity index (χ2n) is 4.17. The molecule has 0 aliphatic carbocycles. The number of aromatic nitrogens is 1. The Morgan fingerprint density at radius 1 is 1.14 bits per heavy atom. The summed E-state index contributed by atoms with van der Waals surface area (Å²) < 4.78 is 0. The quantitative estimate of drug-likeness (QED) is 0.817. The molecular weight excluding hydrogens is 333 g/mol. The number of benzene rings is 1. The topological polar surface area (TPSA) is 71.1 Å². The predicted molar refractivity (Wildman–Crippen MR) is 85.3 cm³/mol. The minimum Gasteiger partial charge on any atom is -0.316 e. The van der Waals surface area contributed by atoms with Gasteiger partial charge in [0, 0.05) is 4.88 Å². The molecule has 21 heavy (non-hydrogen) atoms. The van der Waals surface area contributed by atoms with E-state index in [0.29, 0.717) is 10.2 Å². The zero-order valence-electron chi connectivity index (χ0n) is 11.2. The molecule has 0 fully saturated rings. The molecule has 2 N–H and O–H groups in total. The molecular formula is C13H11Cl2N3O2S. The first-order chi connectivity index (χ1) is 9.88. The third kappa shape index (κ3) is 3.72. The minimum atomic E-state index is -0.843. The van der Waals surface area contributed by atoms with Crippen LogP contribution in [0.4, 0.5) is 10.8 Å². The van der Waals surface area contributed by atoms with Crippen LogP contribution < -0.4 is 10.6 Å². The molecule has 2 amide bonds. The van der Waals surface area contributed by atoms with E-state index in [-0.39, 0.29) is 10.7 Å². The number of halogens is 2. The highest BCUT2D eigenvalue weighted by Crippen LogP contribution is 2.29. The highest BCUT2D eigenvalue weighted by Gasteiger charge is 2.17. The number of nitrogens with one attached hydrogen (secondary N) is 2. The van der Waals surface area contributed by atoms with E-state index in [1.807, 2.05) is 13.8 Å². The lowest BCUT2D eigenvalue weighted by Crippen LogP contribution is -2.29. The summed E-state index contributed by atoms with van der Waals surface area (Å²) in [7, 11) is 0. The molecule has 0 spiro atoms. The second-order valence-corrected chi connectivity index (χ2v) is 6.16. The van der Waals surface area contributed by atoms with Gasteiger partial charge in [-0.25, -0.2) is 4.98 Å². The third-order valence-electron chi connectivity index (χ3n) is 2.66. The van der Waals surface area contributed by atoms with Crippen LogP contribution in [0.2, 0.25) is 10.0 Å². The number of anilines is 2. The molecule has 0 unspecified atom stereocenters. The first-order valence-corrected chi connectivity index (χ1v) is 7.46. The Bertz CT molecular complexity index is 696. The van der Waals surface area contributed by atoms with E-state index < -0.39 is 11.8 Å². The lowest BCUT2D eigenvalue weighted by molar-refractivity contribution is -0.132. The van der Waals surface area contributed by atoms with E-state index >= 15 is 0 Å². The fourth-order valence-corrected chi connectivity index (χ4v) is 2.62. The Balaban J connectivity index is 2.06. The van der Waals surface area contributed by atoms with Gasteiger partial charge in [0.05, 0.1) is 21.4 Å². The van der Waals surface area contributed by atoms with Crippen molar-refractivity contribution in [1.29, 1.82) is 0 Å². The Kier molecular flexibility index (Phi) is 4.82. The Morgan fingerprint density at radius 3 is 2.43 bits per heavy atom. The fourth-order valence-electron chi connectivity index (χ4n) is 1.46. The lowest BCUT2D eigenvalue weighted by Gasteiger charge is -2.07. The molecule has 2 rings (SSSR count). The Labute approximate surface area is 135 Å². The zero-order valence-corrected chi connectivity index (χ0v) is 13.5. The summed E-state index contributed by atoms with van der Waals surface area (Å²) in [6.07, 6.45) is 0. The van der Waals surface area contributed by atoms with Crippen LogP contribution in [-0.4, -0.2) is 16.8 Å². The summed E-state index contributed by atoms with van der Waals surface area (Å²) in [5.41, 5.74) is 1.09. The van der Waals surface area contributed by atoms with Gasteiger partial charge in [0.1, 0.15) is 0 Å². The molecule has 110 valence electrons. The summed E-state index contributed by atoms with van der Waals surface area (Å²) in [5, 5.41) is 5.69. The molecule has 1 aromatic carbocycles. The highest BCUT2D eigenvalue weighted by molar-refractivity contribution is 7.15. The van der Waals surface area contributed by atoms with Crippen molar-refractivity contribution >= 4 is 57.2 Å². The van der Waals surface area contributed by atoms with Gasteiger partial charge in [0.2, 0.25) is 0 Å². The monoisotopic (exact) mass is 343 g/mol. The van der Waals surface area contributed by atoms with Crippen LogP contribution >= 0.6 is 34.5 Å². The number of hydrogen-bond donors (Lipinski definition) is 2. The molecule has 0 atom stereocenters. The van der Waals surface area contributed by atoms with E-state index in [9.17, 15) is 9.59 Å². The highest BCUT2D eigenvalue weighted by atomic mass is 35.5. The zero-order chi connectivity index (χ0) is 15.6. The van der Waals surface area contributed by atoms with Crippen molar-refractivity contribution < 1.29 is 9.59 Å². The van der Waals surface area contributed by atoms with Crippen molar-refractivity contribution in [3.05, 3.63) is 38.8 Å². The molecule has 0 aliphatic rings. The standard InChI is InChI=1S/C13H11Cl2N3O2S/c1-6-7(2)21-13(16-6)18-12(20)11(19)17-9-5-3-4-8(14)10(9)15/h3-5H,1-2H3,(H,17,19)(H,16,18,20). The minimum absolute atomic E-state index is 0.182. The van der Waals surface area contributed by atoms with Crippen LogP contribution in [-0.2, 0) is 9.59 Å². The first-order valence-electron chi connectivity index (χ1n) is 5.89. The summed E-state index contributed by atoms with van der Waals surface area (Å²) in [6.45, 7) is 3.71. The maximum atomic E-state index is 11.8. The van der Waals surface area contributed by atoms with Crippen LogP contribution in [0.3, 0.4) is 0 Å². The molecule has 1 aromatic heterocycles. The summed E-state index contributed by atoms with van der Waals surface area (Å²) in [5.74, 6) is -1.66. The molecule has 0 saturated carbocycles. The van der Waals surface area contributed by atoms with Gasteiger partial charge in [-0.05, 0) is 26.0 Å². The molecule has 0 saturated heterocycles. The van der Waals surface area contributed by atoms with Gasteiger partial charge in [-0.3, -0.25) is 14.9 Å². The number of carbonyl (C=O) groups excluding carboxylic acids is 2. The maximum Gasteiger partial charge on any atom is 0.315 e. The van der Waals surface area contributed by atoms with Crippen LogP contribution in [0.25, 0.3) is 0 Å². The predicted octanol–water partition coefficient (Wildman–Crippen LogP) is 3.64. The largest absolute Gasteiger partial charge is 0.316 e. The van der Waals surface area contributed by atoms with Crippen LogP contribution in [0.15, 0.2) is 18.2 Å². The molecule has 5 nitrogen and oxygen atoms in total. The van der Waals surface area contributed by atoms with E-state index in [2.05, 4.69) is 15.6 Å². The number of amides is 2. The number of carbonyl (C=O) groups is 2. The normalized spacial score (nSPS) is 10.3. The van der Waals surface area contributed by atoms with Crippen molar-refractivity contribution in [2.24, 2.45) is 0 Å². The van der Waals surface area contributed by atoms with E-state index in [1.165, 1.54) is 11.3 Å². The van der Waals surface area contributed by atoms with Crippen LogP contribution in [0.1, 0.15) is 10.6 Å².